The van der Waals surface area contributed by atoms with Crippen molar-refractivity contribution in [2.24, 2.45) is 0 Å². The number of ether oxygens (including phenoxy) is 1. The summed E-state index contributed by atoms with van der Waals surface area (Å²) in [5.41, 5.74) is 2.35. The number of nitrogens with one attached hydrogen (secondary N) is 1. The number of rotatable bonds is 6. The van der Waals surface area contributed by atoms with Crippen molar-refractivity contribution in [3.05, 3.63) is 65.2 Å². The molecule has 0 spiro atoms. The molecule has 1 aliphatic carbocycles. The summed E-state index contributed by atoms with van der Waals surface area (Å²) >= 11 is 0. The summed E-state index contributed by atoms with van der Waals surface area (Å²) in [6.45, 7) is 2.11. The van der Waals surface area contributed by atoms with E-state index in [9.17, 15) is 9.90 Å². The van der Waals surface area contributed by atoms with E-state index in [1.807, 2.05) is 49.4 Å². The summed E-state index contributed by atoms with van der Waals surface area (Å²) in [5.74, 6) is 0.391. The van der Waals surface area contributed by atoms with E-state index in [1.165, 1.54) is 6.42 Å². The van der Waals surface area contributed by atoms with Gasteiger partial charge in [0.25, 0.3) is 5.91 Å². The number of para-hydroxylation sites is 1. The number of hydrogen-bond acceptors (Lipinski definition) is 3. The lowest BCUT2D eigenvalue weighted by Crippen LogP contribution is -2.30. The maximum atomic E-state index is 12.5. The summed E-state index contributed by atoms with van der Waals surface area (Å²) in [6, 6.07) is 14.9. The van der Waals surface area contributed by atoms with Gasteiger partial charge in [-0.3, -0.25) is 4.79 Å². The van der Waals surface area contributed by atoms with Crippen molar-refractivity contribution in [1.82, 2.24) is 5.32 Å². The van der Waals surface area contributed by atoms with Crippen molar-refractivity contribution < 1.29 is 14.6 Å². The minimum Gasteiger partial charge on any atom is -0.490 e. The van der Waals surface area contributed by atoms with Crippen LogP contribution in [0.4, 0.5) is 0 Å². The molecule has 1 amide bonds. The highest BCUT2D eigenvalue weighted by molar-refractivity contribution is 5.96. The lowest BCUT2D eigenvalue weighted by Gasteiger charge is -2.27. The van der Waals surface area contributed by atoms with Crippen LogP contribution in [-0.2, 0) is 0 Å². The predicted octanol–water partition coefficient (Wildman–Crippen LogP) is 3.39. The quantitative estimate of drug-likeness (QED) is 0.856. The Morgan fingerprint density at radius 1 is 1.21 bits per heavy atom. The summed E-state index contributed by atoms with van der Waals surface area (Å²) in [7, 11) is 0. The Balaban J connectivity index is 1.63. The number of benzene rings is 2. The van der Waals surface area contributed by atoms with E-state index in [4.69, 9.17) is 4.74 Å². The van der Waals surface area contributed by atoms with E-state index < -0.39 is 6.10 Å². The maximum absolute atomic E-state index is 12.5. The summed E-state index contributed by atoms with van der Waals surface area (Å²) < 4.78 is 5.89. The molecule has 4 nitrogen and oxygen atoms in total. The molecule has 1 fully saturated rings. The Kier molecular flexibility index (Phi) is 5.16. The van der Waals surface area contributed by atoms with Crippen LogP contribution < -0.4 is 10.1 Å². The molecule has 0 heterocycles. The van der Waals surface area contributed by atoms with Crippen molar-refractivity contribution in [3.8, 4) is 5.75 Å². The molecule has 0 aromatic heterocycles. The van der Waals surface area contributed by atoms with Gasteiger partial charge in [0.05, 0.1) is 17.8 Å². The molecule has 0 bridgehead atoms. The van der Waals surface area contributed by atoms with Crippen molar-refractivity contribution >= 4 is 5.91 Å². The third-order valence-corrected chi connectivity index (χ3v) is 4.48. The first-order valence-corrected chi connectivity index (χ1v) is 8.42. The van der Waals surface area contributed by atoms with Gasteiger partial charge in [0.2, 0.25) is 0 Å². The molecule has 24 heavy (non-hydrogen) atoms. The average molecular weight is 325 g/mol. The van der Waals surface area contributed by atoms with E-state index in [2.05, 4.69) is 5.32 Å². The van der Waals surface area contributed by atoms with E-state index in [-0.39, 0.29) is 18.6 Å². The molecule has 4 heteroatoms. The molecule has 2 aromatic carbocycles. The predicted molar refractivity (Wildman–Crippen MR) is 93.2 cm³/mol. The number of aliphatic hydroxyl groups is 1. The topological polar surface area (TPSA) is 58.6 Å². The zero-order valence-electron chi connectivity index (χ0n) is 13.9. The highest BCUT2D eigenvalue weighted by atomic mass is 16.5. The fraction of sp³-hybridized carbons (Fsp3) is 0.350. The van der Waals surface area contributed by atoms with Crippen molar-refractivity contribution in [1.29, 1.82) is 0 Å². The molecule has 1 unspecified atom stereocenters. The highest BCUT2D eigenvalue weighted by Gasteiger charge is 2.22. The Labute approximate surface area is 142 Å². The van der Waals surface area contributed by atoms with Gasteiger partial charge in [0, 0.05) is 6.54 Å². The van der Waals surface area contributed by atoms with Gasteiger partial charge in [-0.2, -0.15) is 0 Å². The fourth-order valence-corrected chi connectivity index (χ4v) is 2.78. The van der Waals surface area contributed by atoms with Crippen LogP contribution in [0, 0.1) is 6.92 Å². The number of amides is 1. The third kappa shape index (κ3) is 3.77. The Bertz CT molecular complexity index is 710. The zero-order valence-corrected chi connectivity index (χ0v) is 13.9. The number of aryl methyl sites for hydroxylation is 1. The molecule has 0 radical (unpaired) electrons. The van der Waals surface area contributed by atoms with Crippen LogP contribution in [0.1, 0.15) is 46.9 Å². The fourth-order valence-electron chi connectivity index (χ4n) is 2.78. The molecular formula is C20H23NO3. The molecule has 2 N–H and O–H groups in total. The summed E-state index contributed by atoms with van der Waals surface area (Å²) in [6.07, 6.45) is 2.76. The van der Waals surface area contributed by atoms with Gasteiger partial charge in [-0.25, -0.2) is 0 Å². The molecule has 3 rings (SSSR count). The Morgan fingerprint density at radius 3 is 2.62 bits per heavy atom. The number of carbonyl (C=O) groups excluding carboxylic acids is 1. The smallest absolute Gasteiger partial charge is 0.255 e. The number of aliphatic hydroxyl groups excluding tert-OH is 1. The van der Waals surface area contributed by atoms with Crippen molar-refractivity contribution in [3.63, 3.8) is 0 Å². The summed E-state index contributed by atoms with van der Waals surface area (Å²) in [5, 5.41) is 13.1. The Morgan fingerprint density at radius 2 is 1.92 bits per heavy atom. The highest BCUT2D eigenvalue weighted by Crippen LogP contribution is 2.27. The van der Waals surface area contributed by atoms with E-state index in [0.29, 0.717) is 11.3 Å². The largest absolute Gasteiger partial charge is 0.490 e. The minimum atomic E-state index is -0.727. The van der Waals surface area contributed by atoms with Crippen LogP contribution in [0.3, 0.4) is 0 Å². The lowest BCUT2D eigenvalue weighted by atomic mass is 9.96. The first-order valence-electron chi connectivity index (χ1n) is 8.42. The zero-order chi connectivity index (χ0) is 16.9. The van der Waals surface area contributed by atoms with Gasteiger partial charge < -0.3 is 15.2 Å². The van der Waals surface area contributed by atoms with E-state index in [1.54, 1.807) is 6.07 Å². The first-order chi connectivity index (χ1) is 11.6. The standard InChI is InChI=1S/C20H23NO3/c1-14-7-2-3-10-16(14)18(22)13-21-20(23)17-11-4-5-12-19(17)24-15-8-6-9-15/h2-5,7,10-12,15,18,22H,6,8-9,13H2,1H3,(H,21,23). The van der Waals surface area contributed by atoms with Gasteiger partial charge in [-0.1, -0.05) is 36.4 Å². The van der Waals surface area contributed by atoms with Crippen LogP contribution in [0.15, 0.2) is 48.5 Å². The second kappa shape index (κ2) is 7.49. The van der Waals surface area contributed by atoms with Gasteiger partial charge in [0.15, 0.2) is 0 Å². The number of carbonyl (C=O) groups is 1. The number of hydrogen-bond donors (Lipinski definition) is 2. The van der Waals surface area contributed by atoms with Gasteiger partial charge in [0.1, 0.15) is 5.75 Å². The third-order valence-electron chi connectivity index (χ3n) is 4.48. The summed E-state index contributed by atoms with van der Waals surface area (Å²) in [4.78, 5) is 12.5. The Hall–Kier alpha value is -2.33. The normalized spacial score (nSPS) is 15.4. The van der Waals surface area contributed by atoms with Crippen LogP contribution >= 0.6 is 0 Å². The molecule has 2 aromatic rings. The van der Waals surface area contributed by atoms with Crippen molar-refractivity contribution in [2.45, 2.75) is 38.4 Å². The first kappa shape index (κ1) is 16.5. The van der Waals surface area contributed by atoms with Crippen LogP contribution in [-0.4, -0.2) is 23.7 Å². The molecule has 126 valence electrons. The molecule has 1 saturated carbocycles. The van der Waals surface area contributed by atoms with Crippen LogP contribution in [0.2, 0.25) is 0 Å². The van der Waals surface area contributed by atoms with Gasteiger partial charge in [-0.05, 0) is 49.4 Å². The van der Waals surface area contributed by atoms with E-state index >= 15 is 0 Å². The van der Waals surface area contributed by atoms with Crippen LogP contribution in [0.5, 0.6) is 5.75 Å². The second-order valence-corrected chi connectivity index (χ2v) is 6.25. The van der Waals surface area contributed by atoms with Crippen LogP contribution in [0.25, 0.3) is 0 Å². The maximum Gasteiger partial charge on any atom is 0.255 e. The molecular weight excluding hydrogens is 302 g/mol. The minimum absolute atomic E-state index is 0.168. The monoisotopic (exact) mass is 325 g/mol. The lowest BCUT2D eigenvalue weighted by molar-refractivity contribution is 0.0893. The molecule has 1 atom stereocenters. The van der Waals surface area contributed by atoms with Gasteiger partial charge in [-0.15, -0.1) is 0 Å². The second-order valence-electron chi connectivity index (χ2n) is 6.25. The van der Waals surface area contributed by atoms with E-state index in [0.717, 1.165) is 24.0 Å². The molecule has 0 aliphatic heterocycles. The SMILES string of the molecule is Cc1ccccc1C(O)CNC(=O)c1ccccc1OC1CCC1. The molecule has 0 saturated heterocycles. The average Bonchev–Trinajstić information content (AvgIpc) is 2.56. The molecule has 1 aliphatic rings. The van der Waals surface area contributed by atoms with Crippen molar-refractivity contribution in [2.75, 3.05) is 6.54 Å². The van der Waals surface area contributed by atoms with Gasteiger partial charge >= 0.3 is 0 Å².